The summed E-state index contributed by atoms with van der Waals surface area (Å²) in [5, 5.41) is 5.44. The summed E-state index contributed by atoms with van der Waals surface area (Å²) in [6.07, 6.45) is 5.16. The quantitative estimate of drug-likeness (QED) is 0.529. The maximum absolute atomic E-state index is 12.4. The highest BCUT2D eigenvalue weighted by Gasteiger charge is 2.21. The predicted molar refractivity (Wildman–Crippen MR) is 91.5 cm³/mol. The Labute approximate surface area is 145 Å². The molecule has 7 heteroatoms. The second kappa shape index (κ2) is 9.92. The molecule has 1 unspecified atom stereocenters. The molecule has 0 saturated carbocycles. The van der Waals surface area contributed by atoms with E-state index in [2.05, 4.69) is 20.6 Å². The van der Waals surface area contributed by atoms with Crippen LogP contribution in [0.2, 0.25) is 0 Å². The zero-order valence-corrected chi connectivity index (χ0v) is 13.7. The summed E-state index contributed by atoms with van der Waals surface area (Å²) in [4.78, 5) is 43.3. The van der Waals surface area contributed by atoms with Gasteiger partial charge in [-0.05, 0) is 37.1 Å². The zero-order chi connectivity index (χ0) is 17.9. The third-order valence-electron chi connectivity index (χ3n) is 3.50. The largest absolute Gasteiger partial charge is 0.349 e. The molecule has 0 fully saturated rings. The first-order valence-corrected chi connectivity index (χ1v) is 8.04. The third kappa shape index (κ3) is 6.14. The highest BCUT2D eigenvalue weighted by atomic mass is 16.2. The Bertz CT molecular complexity index is 692. The van der Waals surface area contributed by atoms with Gasteiger partial charge < -0.3 is 15.4 Å². The second-order valence-electron chi connectivity index (χ2n) is 5.38. The van der Waals surface area contributed by atoms with Gasteiger partial charge in [0.15, 0.2) is 0 Å². The lowest BCUT2D eigenvalue weighted by Crippen LogP contribution is -2.46. The first-order valence-electron chi connectivity index (χ1n) is 8.04. The standard InChI is InChI=1S/C18H20N4O3/c23-12-6-3-9-16(22-18(25)15-8-2-5-11-20-15)17(24)21-13-14-7-1-4-10-19-14/h1-2,4-5,7-8,10-12,16H,3,6,9,13H2,(H,21,24)(H,22,25). The van der Waals surface area contributed by atoms with Crippen LogP contribution >= 0.6 is 0 Å². The molecule has 0 spiro atoms. The fourth-order valence-electron chi connectivity index (χ4n) is 2.21. The van der Waals surface area contributed by atoms with Crippen molar-refractivity contribution in [1.29, 1.82) is 0 Å². The van der Waals surface area contributed by atoms with Crippen LogP contribution in [0.5, 0.6) is 0 Å². The first kappa shape index (κ1) is 18.3. The number of nitrogens with one attached hydrogen (secondary N) is 2. The molecule has 2 heterocycles. The first-order chi connectivity index (χ1) is 12.2. The third-order valence-corrected chi connectivity index (χ3v) is 3.50. The van der Waals surface area contributed by atoms with E-state index in [4.69, 9.17) is 0 Å². The Hall–Kier alpha value is -3.09. The van der Waals surface area contributed by atoms with Crippen LogP contribution in [0.1, 0.15) is 35.4 Å². The minimum absolute atomic E-state index is 0.236. The number of hydrogen-bond acceptors (Lipinski definition) is 5. The van der Waals surface area contributed by atoms with Gasteiger partial charge in [0.25, 0.3) is 5.91 Å². The number of aromatic nitrogens is 2. The van der Waals surface area contributed by atoms with Crippen LogP contribution in [0.4, 0.5) is 0 Å². The summed E-state index contributed by atoms with van der Waals surface area (Å²) in [5.41, 5.74) is 0.957. The highest BCUT2D eigenvalue weighted by Crippen LogP contribution is 2.03. The second-order valence-corrected chi connectivity index (χ2v) is 5.38. The molecular weight excluding hydrogens is 320 g/mol. The molecule has 2 amide bonds. The van der Waals surface area contributed by atoms with E-state index in [1.54, 1.807) is 36.5 Å². The summed E-state index contributed by atoms with van der Waals surface area (Å²) >= 11 is 0. The molecule has 0 saturated heterocycles. The van der Waals surface area contributed by atoms with E-state index in [1.165, 1.54) is 6.20 Å². The summed E-state index contributed by atoms with van der Waals surface area (Å²) in [5.74, 6) is -0.745. The van der Waals surface area contributed by atoms with Crippen molar-refractivity contribution in [2.45, 2.75) is 31.8 Å². The number of unbranched alkanes of at least 4 members (excludes halogenated alkanes) is 1. The molecule has 0 aliphatic rings. The molecule has 7 nitrogen and oxygen atoms in total. The number of pyridine rings is 2. The molecule has 2 N–H and O–H groups in total. The van der Waals surface area contributed by atoms with Gasteiger partial charge >= 0.3 is 0 Å². The fraction of sp³-hybridized carbons (Fsp3) is 0.278. The van der Waals surface area contributed by atoms with E-state index < -0.39 is 11.9 Å². The number of nitrogens with zero attached hydrogens (tertiary/aromatic N) is 2. The number of carbonyl (C=O) groups is 3. The summed E-state index contributed by atoms with van der Waals surface area (Å²) in [6, 6.07) is 9.66. The van der Waals surface area contributed by atoms with Gasteiger partial charge in [0.05, 0.1) is 12.2 Å². The summed E-state index contributed by atoms with van der Waals surface area (Å²) < 4.78 is 0. The lowest BCUT2D eigenvalue weighted by atomic mass is 10.1. The molecule has 2 aromatic heterocycles. The average molecular weight is 340 g/mol. The van der Waals surface area contributed by atoms with E-state index in [9.17, 15) is 14.4 Å². The molecule has 0 bridgehead atoms. The number of amides is 2. The average Bonchev–Trinajstić information content (AvgIpc) is 2.67. The normalized spacial score (nSPS) is 11.4. The van der Waals surface area contributed by atoms with Crippen molar-refractivity contribution in [3.05, 3.63) is 60.2 Å². The van der Waals surface area contributed by atoms with Gasteiger partial charge in [0, 0.05) is 18.8 Å². The Morgan fingerprint density at radius 2 is 1.84 bits per heavy atom. The van der Waals surface area contributed by atoms with Crippen molar-refractivity contribution in [1.82, 2.24) is 20.6 Å². The van der Waals surface area contributed by atoms with Crippen LogP contribution in [-0.4, -0.2) is 34.1 Å². The van der Waals surface area contributed by atoms with Crippen LogP contribution in [0.15, 0.2) is 48.8 Å². The lowest BCUT2D eigenvalue weighted by molar-refractivity contribution is -0.123. The molecule has 0 aromatic carbocycles. The molecule has 0 radical (unpaired) electrons. The van der Waals surface area contributed by atoms with E-state index in [0.29, 0.717) is 19.3 Å². The van der Waals surface area contributed by atoms with Gasteiger partial charge in [-0.1, -0.05) is 12.1 Å². The highest BCUT2D eigenvalue weighted by molar-refractivity contribution is 5.96. The number of hydrogen-bond donors (Lipinski definition) is 2. The molecule has 1 atom stereocenters. The van der Waals surface area contributed by atoms with Crippen molar-refractivity contribution in [3.8, 4) is 0 Å². The van der Waals surface area contributed by atoms with E-state index in [0.717, 1.165) is 12.0 Å². The Balaban J connectivity index is 1.97. The lowest BCUT2D eigenvalue weighted by Gasteiger charge is -2.18. The Kier molecular flexibility index (Phi) is 7.24. The van der Waals surface area contributed by atoms with Crippen LogP contribution in [-0.2, 0) is 16.1 Å². The molecule has 130 valence electrons. The summed E-state index contributed by atoms with van der Waals surface area (Å²) in [7, 11) is 0. The topological polar surface area (TPSA) is 101 Å². The van der Waals surface area contributed by atoms with E-state index >= 15 is 0 Å². The van der Waals surface area contributed by atoms with Gasteiger partial charge in [-0.3, -0.25) is 19.6 Å². The van der Waals surface area contributed by atoms with E-state index in [-0.39, 0.29) is 18.1 Å². The fourth-order valence-corrected chi connectivity index (χ4v) is 2.21. The maximum atomic E-state index is 12.4. The van der Waals surface area contributed by atoms with Crippen molar-refractivity contribution in [2.75, 3.05) is 0 Å². The van der Waals surface area contributed by atoms with Crippen LogP contribution in [0, 0.1) is 0 Å². The smallest absolute Gasteiger partial charge is 0.270 e. The number of rotatable bonds is 9. The molecular formula is C18H20N4O3. The van der Waals surface area contributed by atoms with Gasteiger partial charge in [-0.25, -0.2) is 0 Å². The van der Waals surface area contributed by atoms with Crippen molar-refractivity contribution in [3.63, 3.8) is 0 Å². The minimum atomic E-state index is -0.738. The minimum Gasteiger partial charge on any atom is -0.349 e. The molecule has 0 aliphatic carbocycles. The van der Waals surface area contributed by atoms with Gasteiger partial charge in [0.1, 0.15) is 18.0 Å². The van der Waals surface area contributed by atoms with Crippen LogP contribution in [0.3, 0.4) is 0 Å². The number of carbonyl (C=O) groups excluding carboxylic acids is 3. The van der Waals surface area contributed by atoms with E-state index in [1.807, 2.05) is 6.07 Å². The SMILES string of the molecule is O=CCCCC(NC(=O)c1ccccn1)C(=O)NCc1ccccn1. The number of aldehydes is 1. The molecule has 2 rings (SSSR count). The van der Waals surface area contributed by atoms with Crippen molar-refractivity contribution in [2.24, 2.45) is 0 Å². The molecule has 2 aromatic rings. The van der Waals surface area contributed by atoms with Crippen molar-refractivity contribution >= 4 is 18.1 Å². The van der Waals surface area contributed by atoms with Gasteiger partial charge in [-0.2, -0.15) is 0 Å². The zero-order valence-electron chi connectivity index (χ0n) is 13.7. The summed E-state index contributed by atoms with van der Waals surface area (Å²) in [6.45, 7) is 0.267. The van der Waals surface area contributed by atoms with Gasteiger partial charge in [-0.15, -0.1) is 0 Å². The monoisotopic (exact) mass is 340 g/mol. The molecule has 0 aliphatic heterocycles. The van der Waals surface area contributed by atoms with Crippen LogP contribution < -0.4 is 10.6 Å². The van der Waals surface area contributed by atoms with Crippen molar-refractivity contribution < 1.29 is 14.4 Å². The van der Waals surface area contributed by atoms with Crippen LogP contribution in [0.25, 0.3) is 0 Å². The predicted octanol–water partition coefficient (Wildman–Crippen LogP) is 1.26. The Morgan fingerprint density at radius 1 is 1.08 bits per heavy atom. The maximum Gasteiger partial charge on any atom is 0.270 e. The molecule has 25 heavy (non-hydrogen) atoms. The Morgan fingerprint density at radius 3 is 2.48 bits per heavy atom. The van der Waals surface area contributed by atoms with Gasteiger partial charge in [0.2, 0.25) is 5.91 Å².